The number of hydroxylamine groups is 1. The molecule has 0 aromatic heterocycles. The van der Waals surface area contributed by atoms with Crippen LogP contribution < -0.4 is 15.0 Å². The van der Waals surface area contributed by atoms with Crippen LogP contribution in [0.25, 0.3) is 0 Å². The number of ketones is 1. The predicted molar refractivity (Wildman–Crippen MR) is 112 cm³/mol. The molecule has 0 radical (unpaired) electrons. The SMILES string of the molecule is CCOC(=O)COc1ccc(C(=O)CN2Cc3cc(C(=N)NO)ccc3C2=O)c(OC)c1. The minimum atomic E-state index is -0.508. The van der Waals surface area contributed by atoms with E-state index in [0.717, 1.165) is 0 Å². The molecule has 1 aliphatic rings. The fourth-order valence-corrected chi connectivity index (χ4v) is 3.32. The summed E-state index contributed by atoms with van der Waals surface area (Å²) in [6, 6.07) is 9.29. The van der Waals surface area contributed by atoms with Crippen molar-refractivity contribution in [1.29, 1.82) is 5.41 Å². The van der Waals surface area contributed by atoms with Gasteiger partial charge in [0, 0.05) is 23.7 Å². The van der Waals surface area contributed by atoms with Crippen LogP contribution in [0.1, 0.15) is 38.8 Å². The minimum absolute atomic E-state index is 0.169. The van der Waals surface area contributed by atoms with Crippen molar-refractivity contribution in [2.45, 2.75) is 13.5 Å². The van der Waals surface area contributed by atoms with Crippen molar-refractivity contribution in [3.05, 3.63) is 58.7 Å². The number of carbonyl (C=O) groups excluding carboxylic acids is 3. The second-order valence-corrected chi connectivity index (χ2v) is 6.90. The first-order valence-electron chi connectivity index (χ1n) is 9.78. The maximum atomic E-state index is 12.9. The quantitative estimate of drug-likeness (QED) is 0.176. The first-order chi connectivity index (χ1) is 15.4. The summed E-state index contributed by atoms with van der Waals surface area (Å²) in [5, 5.41) is 16.5. The van der Waals surface area contributed by atoms with Gasteiger partial charge in [0.1, 0.15) is 17.3 Å². The largest absolute Gasteiger partial charge is 0.496 e. The monoisotopic (exact) mass is 441 g/mol. The number of hydrogen-bond donors (Lipinski definition) is 3. The third-order valence-corrected chi connectivity index (χ3v) is 4.85. The van der Waals surface area contributed by atoms with Crippen LogP contribution in [0.4, 0.5) is 0 Å². The third-order valence-electron chi connectivity index (χ3n) is 4.85. The number of ether oxygens (including phenoxy) is 3. The summed E-state index contributed by atoms with van der Waals surface area (Å²) in [6.07, 6.45) is 0. The van der Waals surface area contributed by atoms with E-state index in [9.17, 15) is 14.4 Å². The Morgan fingerprint density at radius 1 is 1.22 bits per heavy atom. The van der Waals surface area contributed by atoms with Gasteiger partial charge in [-0.25, -0.2) is 4.79 Å². The Bertz CT molecular complexity index is 1070. The molecule has 168 valence electrons. The van der Waals surface area contributed by atoms with Gasteiger partial charge in [0.05, 0.1) is 25.8 Å². The number of hydrogen-bond acceptors (Lipinski definition) is 8. The Kier molecular flexibility index (Phi) is 7.06. The lowest BCUT2D eigenvalue weighted by Gasteiger charge is -2.16. The number of amides is 1. The summed E-state index contributed by atoms with van der Waals surface area (Å²) in [4.78, 5) is 38.4. The second kappa shape index (κ2) is 9.92. The minimum Gasteiger partial charge on any atom is -0.496 e. The normalized spacial score (nSPS) is 12.2. The topological polar surface area (TPSA) is 138 Å². The lowest BCUT2D eigenvalue weighted by atomic mass is 10.1. The summed E-state index contributed by atoms with van der Waals surface area (Å²) < 4.78 is 15.5. The number of esters is 1. The molecular weight excluding hydrogens is 418 g/mol. The maximum absolute atomic E-state index is 12.9. The van der Waals surface area contributed by atoms with E-state index in [0.29, 0.717) is 22.4 Å². The summed E-state index contributed by atoms with van der Waals surface area (Å²) in [5.74, 6) is -0.730. The van der Waals surface area contributed by atoms with Gasteiger partial charge in [0.25, 0.3) is 5.91 Å². The number of nitrogens with zero attached hydrogens (tertiary/aromatic N) is 1. The number of Topliss-reactive ketones (excluding diaryl/α,β-unsaturated/α-hetero) is 1. The van der Waals surface area contributed by atoms with E-state index in [1.54, 1.807) is 30.6 Å². The van der Waals surface area contributed by atoms with E-state index in [1.807, 2.05) is 0 Å². The van der Waals surface area contributed by atoms with Crippen LogP contribution in [0.2, 0.25) is 0 Å². The second-order valence-electron chi connectivity index (χ2n) is 6.90. The highest BCUT2D eigenvalue weighted by Gasteiger charge is 2.30. The van der Waals surface area contributed by atoms with Crippen LogP contribution in [0.5, 0.6) is 11.5 Å². The lowest BCUT2D eigenvalue weighted by Crippen LogP contribution is -2.30. The molecule has 0 bridgehead atoms. The number of amidine groups is 1. The molecule has 3 N–H and O–H groups in total. The van der Waals surface area contributed by atoms with Crippen LogP contribution >= 0.6 is 0 Å². The van der Waals surface area contributed by atoms with Crippen molar-refractivity contribution in [3.63, 3.8) is 0 Å². The highest BCUT2D eigenvalue weighted by atomic mass is 16.6. The van der Waals surface area contributed by atoms with Crippen molar-refractivity contribution in [2.75, 3.05) is 26.9 Å². The Hall–Kier alpha value is -3.92. The molecule has 1 amide bonds. The van der Waals surface area contributed by atoms with Crippen molar-refractivity contribution >= 4 is 23.5 Å². The summed E-state index contributed by atoms with van der Waals surface area (Å²) in [7, 11) is 1.41. The molecule has 0 aliphatic carbocycles. The van der Waals surface area contributed by atoms with E-state index < -0.39 is 5.97 Å². The zero-order valence-corrected chi connectivity index (χ0v) is 17.6. The highest BCUT2D eigenvalue weighted by molar-refractivity contribution is 6.06. The number of nitrogens with one attached hydrogen (secondary N) is 2. The number of carbonyl (C=O) groups is 3. The number of benzene rings is 2. The van der Waals surface area contributed by atoms with Crippen molar-refractivity contribution in [3.8, 4) is 11.5 Å². The van der Waals surface area contributed by atoms with Gasteiger partial charge in [-0.1, -0.05) is 6.07 Å². The molecular formula is C22H23N3O7. The number of methoxy groups -OCH3 is 1. The van der Waals surface area contributed by atoms with E-state index in [1.165, 1.54) is 30.2 Å². The average Bonchev–Trinajstić information content (AvgIpc) is 3.11. The average molecular weight is 441 g/mol. The number of fused-ring (bicyclic) bond motifs is 1. The molecule has 0 unspecified atom stereocenters. The van der Waals surface area contributed by atoms with Crippen LogP contribution in [-0.4, -0.2) is 60.5 Å². The lowest BCUT2D eigenvalue weighted by molar-refractivity contribution is -0.145. The molecule has 2 aromatic carbocycles. The van der Waals surface area contributed by atoms with Crippen molar-refractivity contribution < 1.29 is 33.8 Å². The van der Waals surface area contributed by atoms with Gasteiger partial charge in [0.2, 0.25) is 0 Å². The molecule has 0 spiro atoms. The fourth-order valence-electron chi connectivity index (χ4n) is 3.32. The third kappa shape index (κ3) is 4.86. The summed E-state index contributed by atoms with van der Waals surface area (Å²) in [5.41, 5.74) is 3.57. The zero-order valence-electron chi connectivity index (χ0n) is 17.6. The molecule has 1 heterocycles. The van der Waals surface area contributed by atoms with Crippen molar-refractivity contribution in [1.82, 2.24) is 10.4 Å². The van der Waals surface area contributed by atoms with E-state index in [-0.39, 0.29) is 55.1 Å². The van der Waals surface area contributed by atoms with Crippen LogP contribution in [0.15, 0.2) is 36.4 Å². The summed E-state index contributed by atoms with van der Waals surface area (Å²) in [6.45, 7) is 1.71. The van der Waals surface area contributed by atoms with Gasteiger partial charge in [0.15, 0.2) is 12.4 Å². The molecule has 0 atom stereocenters. The summed E-state index contributed by atoms with van der Waals surface area (Å²) >= 11 is 0. The maximum Gasteiger partial charge on any atom is 0.344 e. The van der Waals surface area contributed by atoms with Gasteiger partial charge >= 0.3 is 5.97 Å². The van der Waals surface area contributed by atoms with E-state index in [2.05, 4.69) is 0 Å². The molecule has 10 nitrogen and oxygen atoms in total. The first kappa shape index (κ1) is 22.8. The Balaban J connectivity index is 1.70. The van der Waals surface area contributed by atoms with Gasteiger partial charge < -0.3 is 19.1 Å². The Morgan fingerprint density at radius 3 is 2.69 bits per heavy atom. The molecule has 3 rings (SSSR count). The Labute approximate surface area is 184 Å². The Morgan fingerprint density at radius 2 is 2.00 bits per heavy atom. The van der Waals surface area contributed by atoms with Gasteiger partial charge in [-0.2, -0.15) is 0 Å². The van der Waals surface area contributed by atoms with E-state index in [4.69, 9.17) is 24.8 Å². The molecule has 10 heteroatoms. The molecule has 1 aliphatic heterocycles. The van der Waals surface area contributed by atoms with Crippen LogP contribution in [0.3, 0.4) is 0 Å². The number of rotatable bonds is 9. The van der Waals surface area contributed by atoms with Crippen LogP contribution in [0, 0.1) is 5.41 Å². The van der Waals surface area contributed by atoms with E-state index >= 15 is 0 Å². The van der Waals surface area contributed by atoms with Gasteiger partial charge in [-0.05, 0) is 36.8 Å². The highest BCUT2D eigenvalue weighted by Crippen LogP contribution is 2.28. The molecule has 32 heavy (non-hydrogen) atoms. The zero-order chi connectivity index (χ0) is 23.3. The molecule has 0 fully saturated rings. The van der Waals surface area contributed by atoms with Gasteiger partial charge in [-0.3, -0.25) is 25.7 Å². The first-order valence-corrected chi connectivity index (χ1v) is 9.78. The molecule has 0 saturated heterocycles. The standard InChI is InChI=1S/C22H23N3O7/c1-3-31-20(27)12-32-15-5-7-17(19(9-15)30-2)18(26)11-25-10-14-8-13(21(23)24-29)4-6-16(14)22(25)28/h4-9,29H,3,10-12H2,1-2H3,(H2,23,24). The molecule has 0 saturated carbocycles. The van der Waals surface area contributed by atoms with Crippen molar-refractivity contribution in [2.24, 2.45) is 0 Å². The van der Waals surface area contributed by atoms with Gasteiger partial charge in [-0.15, -0.1) is 0 Å². The fraction of sp³-hybridized carbons (Fsp3) is 0.273. The molecule has 2 aromatic rings. The smallest absolute Gasteiger partial charge is 0.344 e. The van der Waals surface area contributed by atoms with Crippen LogP contribution in [-0.2, 0) is 16.1 Å². The predicted octanol–water partition coefficient (Wildman–Crippen LogP) is 1.78.